The summed E-state index contributed by atoms with van der Waals surface area (Å²) in [6.45, 7) is 3.05. The van der Waals surface area contributed by atoms with Gasteiger partial charge in [0.25, 0.3) is 0 Å². The zero-order chi connectivity index (χ0) is 14.1. The minimum atomic E-state index is -3.85. The number of nitrogens with zero attached hydrogens (tertiary/aromatic N) is 1. The minimum absolute atomic E-state index is 0.0197. The lowest BCUT2D eigenvalue weighted by atomic mass is 10.2. The second-order valence-corrected chi connectivity index (χ2v) is 6.35. The number of likely N-dealkylation sites (N-methyl/N-ethyl adjacent to an activating group) is 1. The number of carboxylic acids is 1. The zero-order valence-electron chi connectivity index (χ0n) is 10.2. The van der Waals surface area contributed by atoms with Gasteiger partial charge >= 0.3 is 5.97 Å². The highest BCUT2D eigenvalue weighted by atomic mass is 35.5. The van der Waals surface area contributed by atoms with Gasteiger partial charge in [0.2, 0.25) is 10.0 Å². The van der Waals surface area contributed by atoms with Gasteiger partial charge in [0, 0.05) is 12.1 Å². The maximum absolute atomic E-state index is 12.1. The van der Waals surface area contributed by atoms with E-state index in [-0.39, 0.29) is 4.90 Å². The number of halogens is 1. The average molecular weight is 292 g/mol. The van der Waals surface area contributed by atoms with Crippen LogP contribution in [0.15, 0.2) is 23.1 Å². The van der Waals surface area contributed by atoms with Gasteiger partial charge in [-0.25, -0.2) is 8.42 Å². The van der Waals surface area contributed by atoms with Crippen LogP contribution in [0.3, 0.4) is 0 Å². The number of aliphatic carboxylic acids is 1. The monoisotopic (exact) mass is 291 g/mol. The Bertz CT molecular complexity index is 570. The first-order valence-corrected chi connectivity index (χ1v) is 6.96. The van der Waals surface area contributed by atoms with Crippen LogP contribution in [0.2, 0.25) is 5.02 Å². The third-order valence-corrected chi connectivity index (χ3v) is 5.05. The smallest absolute Gasteiger partial charge is 0.321 e. The second kappa shape index (κ2) is 5.26. The van der Waals surface area contributed by atoms with Crippen molar-refractivity contribution in [2.45, 2.75) is 24.8 Å². The number of hydrogen-bond acceptors (Lipinski definition) is 3. The Morgan fingerprint density at radius 2 is 2.00 bits per heavy atom. The Morgan fingerprint density at radius 1 is 1.44 bits per heavy atom. The predicted molar refractivity (Wildman–Crippen MR) is 68.2 cm³/mol. The number of rotatable bonds is 4. The largest absolute Gasteiger partial charge is 0.480 e. The third-order valence-electron chi connectivity index (χ3n) is 2.72. The lowest BCUT2D eigenvalue weighted by Crippen LogP contribution is -2.40. The molecule has 1 rings (SSSR count). The van der Waals surface area contributed by atoms with Gasteiger partial charge in [-0.15, -0.1) is 0 Å². The highest BCUT2D eigenvalue weighted by Crippen LogP contribution is 2.23. The van der Waals surface area contributed by atoms with Crippen LogP contribution in [-0.4, -0.2) is 36.9 Å². The Balaban J connectivity index is 3.21. The van der Waals surface area contributed by atoms with E-state index in [0.29, 0.717) is 5.02 Å². The fourth-order valence-electron chi connectivity index (χ4n) is 1.26. The van der Waals surface area contributed by atoms with Crippen molar-refractivity contribution >= 4 is 27.6 Å². The molecule has 1 unspecified atom stereocenters. The topological polar surface area (TPSA) is 74.7 Å². The van der Waals surface area contributed by atoms with Crippen molar-refractivity contribution in [3.8, 4) is 0 Å². The molecule has 1 aromatic rings. The summed E-state index contributed by atoms with van der Waals surface area (Å²) in [7, 11) is -2.63. The number of aryl methyl sites for hydroxylation is 1. The molecule has 1 atom stereocenters. The van der Waals surface area contributed by atoms with E-state index >= 15 is 0 Å². The molecule has 1 N–H and O–H groups in total. The van der Waals surface area contributed by atoms with Gasteiger partial charge < -0.3 is 5.11 Å². The Labute approximate surface area is 111 Å². The predicted octanol–water partition coefficient (Wildman–Crippen LogP) is 1.74. The summed E-state index contributed by atoms with van der Waals surface area (Å²) >= 11 is 5.87. The van der Waals surface area contributed by atoms with Crippen LogP contribution in [0.4, 0.5) is 0 Å². The van der Waals surface area contributed by atoms with Gasteiger partial charge in [0.1, 0.15) is 6.04 Å². The highest BCUT2D eigenvalue weighted by Gasteiger charge is 2.29. The molecule has 0 fully saturated rings. The summed E-state index contributed by atoms with van der Waals surface area (Å²) in [5.74, 6) is -1.21. The van der Waals surface area contributed by atoms with Crippen molar-refractivity contribution in [1.29, 1.82) is 0 Å². The van der Waals surface area contributed by atoms with E-state index in [0.717, 1.165) is 9.87 Å². The summed E-state index contributed by atoms with van der Waals surface area (Å²) in [5, 5.41) is 9.16. The molecule has 0 bridgehead atoms. The zero-order valence-corrected chi connectivity index (χ0v) is 11.8. The van der Waals surface area contributed by atoms with Gasteiger partial charge in [-0.3, -0.25) is 4.79 Å². The molecule has 1 aromatic carbocycles. The van der Waals surface area contributed by atoms with E-state index in [1.807, 2.05) is 0 Å². The average Bonchev–Trinajstić information content (AvgIpc) is 2.30. The van der Waals surface area contributed by atoms with Crippen LogP contribution in [0, 0.1) is 6.92 Å². The maximum Gasteiger partial charge on any atom is 0.321 e. The maximum atomic E-state index is 12.1. The lowest BCUT2D eigenvalue weighted by molar-refractivity contribution is -0.140. The first-order chi connectivity index (χ1) is 8.17. The summed E-state index contributed by atoms with van der Waals surface area (Å²) in [6.07, 6.45) is 0. The molecule has 0 radical (unpaired) electrons. The third kappa shape index (κ3) is 2.82. The van der Waals surface area contributed by atoms with Gasteiger partial charge in [-0.2, -0.15) is 4.31 Å². The minimum Gasteiger partial charge on any atom is -0.480 e. The molecular weight excluding hydrogens is 278 g/mol. The molecule has 0 aliphatic carbocycles. The lowest BCUT2D eigenvalue weighted by Gasteiger charge is -2.21. The molecular formula is C11H14ClNO4S. The summed E-state index contributed by atoms with van der Waals surface area (Å²) in [4.78, 5) is 10.8. The van der Waals surface area contributed by atoms with Crippen LogP contribution in [0.1, 0.15) is 12.5 Å². The fraction of sp³-hybridized carbons (Fsp3) is 0.364. The molecule has 0 amide bonds. The molecule has 5 nitrogen and oxygen atoms in total. The first kappa shape index (κ1) is 14.9. The van der Waals surface area contributed by atoms with E-state index in [9.17, 15) is 13.2 Å². The fourth-order valence-corrected chi connectivity index (χ4v) is 2.86. The van der Waals surface area contributed by atoms with Crippen molar-refractivity contribution in [2.24, 2.45) is 0 Å². The number of benzene rings is 1. The first-order valence-electron chi connectivity index (χ1n) is 5.15. The van der Waals surface area contributed by atoms with Crippen LogP contribution in [-0.2, 0) is 14.8 Å². The number of hydrogen-bond donors (Lipinski definition) is 1. The van der Waals surface area contributed by atoms with E-state index in [1.54, 1.807) is 13.0 Å². The molecule has 0 saturated carbocycles. The summed E-state index contributed by atoms with van der Waals surface area (Å²) in [5.41, 5.74) is 0.754. The Hall–Kier alpha value is -1.11. The highest BCUT2D eigenvalue weighted by molar-refractivity contribution is 7.89. The standard InChI is InChI=1S/C11H14ClNO4S/c1-7-4-5-9(6-10(7)12)18(16,17)13(3)8(2)11(14)15/h4-6,8H,1-3H3,(H,14,15). The van der Waals surface area contributed by atoms with Crippen LogP contribution in [0.25, 0.3) is 0 Å². The molecule has 0 aliphatic rings. The van der Waals surface area contributed by atoms with E-state index in [4.69, 9.17) is 16.7 Å². The van der Waals surface area contributed by atoms with E-state index in [2.05, 4.69) is 0 Å². The SMILES string of the molecule is Cc1ccc(S(=O)(=O)N(C)C(C)C(=O)O)cc1Cl. The van der Waals surface area contributed by atoms with Crippen molar-refractivity contribution < 1.29 is 18.3 Å². The number of carbonyl (C=O) groups is 1. The van der Waals surface area contributed by atoms with Crippen molar-refractivity contribution in [3.05, 3.63) is 28.8 Å². The molecule has 0 aliphatic heterocycles. The van der Waals surface area contributed by atoms with Crippen molar-refractivity contribution in [1.82, 2.24) is 4.31 Å². The van der Waals surface area contributed by atoms with E-state index in [1.165, 1.54) is 26.1 Å². The molecule has 18 heavy (non-hydrogen) atoms. The van der Waals surface area contributed by atoms with Gasteiger partial charge in [0.15, 0.2) is 0 Å². The molecule has 0 heterocycles. The van der Waals surface area contributed by atoms with Gasteiger partial charge in [-0.1, -0.05) is 17.7 Å². The van der Waals surface area contributed by atoms with Crippen LogP contribution >= 0.6 is 11.6 Å². The van der Waals surface area contributed by atoms with E-state index < -0.39 is 22.0 Å². The Kier molecular flexibility index (Phi) is 4.37. The normalized spacial score (nSPS) is 13.6. The molecule has 0 spiro atoms. The van der Waals surface area contributed by atoms with Crippen LogP contribution in [0.5, 0.6) is 0 Å². The Morgan fingerprint density at radius 3 is 2.44 bits per heavy atom. The van der Waals surface area contributed by atoms with Gasteiger partial charge in [-0.05, 0) is 31.5 Å². The number of carboxylic acid groups (broad SMARTS) is 1. The van der Waals surface area contributed by atoms with Crippen molar-refractivity contribution in [3.63, 3.8) is 0 Å². The number of sulfonamides is 1. The van der Waals surface area contributed by atoms with Crippen LogP contribution < -0.4 is 0 Å². The molecule has 0 saturated heterocycles. The molecule has 7 heteroatoms. The summed E-state index contributed by atoms with van der Waals surface area (Å²) < 4.78 is 25.1. The summed E-state index contributed by atoms with van der Waals surface area (Å²) in [6, 6.07) is 3.16. The quantitative estimate of drug-likeness (QED) is 0.917. The second-order valence-electron chi connectivity index (χ2n) is 3.95. The molecule has 0 aromatic heterocycles. The van der Waals surface area contributed by atoms with Gasteiger partial charge in [0.05, 0.1) is 4.90 Å². The van der Waals surface area contributed by atoms with Crippen molar-refractivity contribution in [2.75, 3.05) is 7.05 Å². The molecule has 100 valence electrons.